The van der Waals surface area contributed by atoms with Crippen molar-refractivity contribution in [3.63, 3.8) is 0 Å². The zero-order chi connectivity index (χ0) is 7.98. The van der Waals surface area contributed by atoms with Crippen LogP contribution in [-0.2, 0) is 17.0 Å². The number of hydrogen-bond donors (Lipinski definition) is 0. The molecule has 0 atom stereocenters. The molecule has 0 amide bonds. The van der Waals surface area contributed by atoms with Crippen LogP contribution in [-0.4, -0.2) is 4.73 Å². The fourth-order valence-corrected chi connectivity index (χ4v) is 0.703. The van der Waals surface area contributed by atoms with E-state index < -0.39 is 0 Å². The maximum atomic E-state index is 3.74. The van der Waals surface area contributed by atoms with Gasteiger partial charge in [0.05, 0.1) is 0 Å². The average Bonchev–Trinajstić information content (AvgIpc) is 1.99. The third-order valence-electron chi connectivity index (χ3n) is 0.999. The molecule has 0 aromatic carbocycles. The Balaban J connectivity index is 4.37. The van der Waals surface area contributed by atoms with Crippen molar-refractivity contribution >= 4 is 4.73 Å². The van der Waals surface area contributed by atoms with E-state index in [2.05, 4.69) is 36.7 Å². The molecule has 1 heteroatoms. The summed E-state index contributed by atoms with van der Waals surface area (Å²) in [5.41, 5.74) is 1.95. The van der Waals surface area contributed by atoms with E-state index in [1.807, 2.05) is 10.8 Å². The van der Waals surface area contributed by atoms with Crippen LogP contribution in [0, 0.1) is 0 Å². The average molecular weight is 169 g/mol. The van der Waals surface area contributed by atoms with E-state index in [0.717, 1.165) is 11.1 Å². The maximum absolute atomic E-state index is 3.74. The standard InChI is InChI=1S/C9H10.V/c1-5-8(3)7-9(4)6-2;/h3,5-7H,1-2,4H2;/b8-7+;. The predicted octanol–water partition coefficient (Wildman–Crippen LogP) is 2.19. The molecule has 51 valence electrons. The van der Waals surface area contributed by atoms with E-state index in [1.54, 1.807) is 12.2 Å². The fraction of sp³-hybridized carbons (Fsp3) is 0. The Morgan fingerprint density at radius 3 is 2.10 bits per heavy atom. The first-order valence-corrected chi connectivity index (χ1v) is 3.68. The Morgan fingerprint density at radius 2 is 1.80 bits per heavy atom. The molecule has 0 aliphatic rings. The molecule has 0 unspecified atom stereocenters. The second-order valence-corrected chi connectivity index (χ2v) is 2.16. The van der Waals surface area contributed by atoms with Crippen LogP contribution >= 0.6 is 0 Å². The summed E-state index contributed by atoms with van der Waals surface area (Å²) in [5.74, 6) is 0. The molecule has 0 aromatic heterocycles. The van der Waals surface area contributed by atoms with Gasteiger partial charge in [-0.2, -0.15) is 0 Å². The molecule has 0 fully saturated rings. The molecule has 0 nitrogen and oxygen atoms in total. The molecule has 0 saturated carbocycles. The molecule has 0 aliphatic carbocycles. The van der Waals surface area contributed by atoms with Gasteiger partial charge in [0.2, 0.25) is 0 Å². The Hall–Kier alpha value is -0.586. The first-order valence-electron chi connectivity index (χ1n) is 2.87. The second-order valence-electron chi connectivity index (χ2n) is 1.76. The van der Waals surface area contributed by atoms with Gasteiger partial charge in [-0.3, -0.25) is 0 Å². The van der Waals surface area contributed by atoms with Crippen LogP contribution < -0.4 is 0 Å². The molecule has 10 heavy (non-hydrogen) atoms. The Bertz CT molecular complexity index is 187. The first kappa shape index (κ1) is 9.41. The van der Waals surface area contributed by atoms with E-state index in [0.29, 0.717) is 0 Å². The van der Waals surface area contributed by atoms with Crippen molar-refractivity contribution in [1.29, 1.82) is 0 Å². The summed E-state index contributed by atoms with van der Waals surface area (Å²) in [5, 5.41) is 0. The molecule has 0 rings (SSSR count). The van der Waals surface area contributed by atoms with Crippen molar-refractivity contribution in [2.45, 2.75) is 0 Å². The van der Waals surface area contributed by atoms with Crippen molar-refractivity contribution in [3.05, 3.63) is 49.1 Å². The summed E-state index contributed by atoms with van der Waals surface area (Å²) in [4.78, 5) is 0. The summed E-state index contributed by atoms with van der Waals surface area (Å²) in [6.07, 6.45) is 5.39. The quantitative estimate of drug-likeness (QED) is 0.566. The van der Waals surface area contributed by atoms with Crippen molar-refractivity contribution in [3.8, 4) is 0 Å². The van der Waals surface area contributed by atoms with Gasteiger partial charge < -0.3 is 0 Å². The summed E-state index contributed by atoms with van der Waals surface area (Å²) in [6, 6.07) is 0. The van der Waals surface area contributed by atoms with Gasteiger partial charge in [-0.15, -0.1) is 0 Å². The monoisotopic (exact) mass is 169 g/mol. The van der Waals surface area contributed by atoms with Gasteiger partial charge in [0.1, 0.15) is 0 Å². The van der Waals surface area contributed by atoms with Crippen molar-refractivity contribution < 1.29 is 17.0 Å². The van der Waals surface area contributed by atoms with Crippen LogP contribution in [0.1, 0.15) is 0 Å². The van der Waals surface area contributed by atoms with E-state index in [9.17, 15) is 0 Å². The summed E-state index contributed by atoms with van der Waals surface area (Å²) in [7, 11) is 0. The Labute approximate surface area is 71.1 Å². The van der Waals surface area contributed by atoms with Crippen LogP contribution in [0.5, 0.6) is 0 Å². The van der Waals surface area contributed by atoms with Crippen LogP contribution in [0.4, 0.5) is 0 Å². The zero-order valence-electron chi connectivity index (χ0n) is 5.88. The van der Waals surface area contributed by atoms with Gasteiger partial charge in [-0.1, -0.05) is 0 Å². The molecule has 0 aliphatic heterocycles. The Morgan fingerprint density at radius 1 is 1.20 bits per heavy atom. The fourth-order valence-electron chi connectivity index (χ4n) is 0.422. The SMILES string of the molecule is C=CC(=C)/C=C(/C=C)[CH]=[V]. The third-order valence-corrected chi connectivity index (χ3v) is 1.46. The Kier molecular flexibility index (Phi) is 4.91. The van der Waals surface area contributed by atoms with E-state index >= 15 is 0 Å². The third kappa shape index (κ3) is 3.44. The van der Waals surface area contributed by atoms with E-state index in [-0.39, 0.29) is 0 Å². The molecule has 0 saturated heterocycles. The molecule has 0 spiro atoms. The van der Waals surface area contributed by atoms with E-state index in [4.69, 9.17) is 0 Å². The van der Waals surface area contributed by atoms with Gasteiger partial charge in [0.25, 0.3) is 0 Å². The topological polar surface area (TPSA) is 0 Å². The summed E-state index contributed by atoms with van der Waals surface area (Å²) in [6.45, 7) is 11.0. The molecule has 0 aromatic rings. The van der Waals surface area contributed by atoms with Gasteiger partial charge in [0.15, 0.2) is 0 Å². The molecule has 0 radical (unpaired) electrons. The molecule has 0 bridgehead atoms. The first-order chi connectivity index (χ1) is 4.74. The van der Waals surface area contributed by atoms with Crippen molar-refractivity contribution in [2.24, 2.45) is 0 Å². The van der Waals surface area contributed by atoms with Gasteiger partial charge in [-0.05, 0) is 0 Å². The van der Waals surface area contributed by atoms with Gasteiger partial charge in [-0.25, -0.2) is 0 Å². The van der Waals surface area contributed by atoms with Gasteiger partial charge in [0, 0.05) is 0 Å². The second kappa shape index (κ2) is 5.22. The predicted molar refractivity (Wildman–Crippen MR) is 43.7 cm³/mol. The molecular formula is C9H10V. The van der Waals surface area contributed by atoms with E-state index in [1.165, 1.54) is 0 Å². The van der Waals surface area contributed by atoms with Crippen LogP contribution in [0.2, 0.25) is 0 Å². The van der Waals surface area contributed by atoms with Crippen LogP contribution in [0.3, 0.4) is 0 Å². The number of allylic oxidation sites excluding steroid dienone is 5. The normalized spacial score (nSPS) is 10.1. The summed E-state index contributed by atoms with van der Waals surface area (Å²) < 4.78 is 1.91. The molecule has 0 N–H and O–H groups in total. The van der Waals surface area contributed by atoms with Crippen LogP contribution in [0.15, 0.2) is 49.1 Å². The summed E-state index contributed by atoms with van der Waals surface area (Å²) >= 11 is 2.37. The van der Waals surface area contributed by atoms with Crippen molar-refractivity contribution in [2.75, 3.05) is 0 Å². The molecule has 0 heterocycles. The van der Waals surface area contributed by atoms with Crippen LogP contribution in [0.25, 0.3) is 0 Å². The van der Waals surface area contributed by atoms with Gasteiger partial charge >= 0.3 is 70.8 Å². The number of hydrogen-bond acceptors (Lipinski definition) is 0. The zero-order valence-corrected chi connectivity index (χ0v) is 7.27. The number of rotatable bonds is 4. The van der Waals surface area contributed by atoms with Crippen molar-refractivity contribution in [1.82, 2.24) is 0 Å². The minimum atomic E-state index is 0.900. The minimum absolute atomic E-state index is 0.900. The molecular weight excluding hydrogens is 159 g/mol.